The Morgan fingerprint density at radius 1 is 1.79 bits per heavy atom. The van der Waals surface area contributed by atoms with Crippen LogP contribution in [0.3, 0.4) is 0 Å². The van der Waals surface area contributed by atoms with Crippen LogP contribution in [0.1, 0.15) is 0 Å². The summed E-state index contributed by atoms with van der Waals surface area (Å²) in [7, 11) is 0. The van der Waals surface area contributed by atoms with Crippen LogP contribution in [-0.2, 0) is 4.79 Å². The van der Waals surface area contributed by atoms with Gasteiger partial charge in [0.1, 0.15) is 0 Å². The molecule has 1 heterocycles. The van der Waals surface area contributed by atoms with Crippen LogP contribution in [0.4, 0.5) is 5.13 Å². The average Bonchev–Trinajstić information content (AvgIpc) is 2.52. The second kappa shape index (κ2) is 5.75. The predicted molar refractivity (Wildman–Crippen MR) is 60.1 cm³/mol. The number of thiazole rings is 1. The number of nitrogens with one attached hydrogen (secondary N) is 2. The first-order valence-electron chi connectivity index (χ1n) is 3.77. The summed E-state index contributed by atoms with van der Waals surface area (Å²) in [5.74, 6) is 2.23. The standard InChI is InChI=1S/C8H8BrN3OS/c1-2-3-10-5-7(13)12-8-11-4-6(9)14-8/h1,4,10H,3,5H2,(H,11,12,13). The maximum Gasteiger partial charge on any atom is 0.240 e. The van der Waals surface area contributed by atoms with Crippen LogP contribution < -0.4 is 10.6 Å². The molecule has 0 fully saturated rings. The third-order valence-electron chi connectivity index (χ3n) is 1.24. The molecule has 6 heteroatoms. The lowest BCUT2D eigenvalue weighted by Gasteiger charge is -2.00. The summed E-state index contributed by atoms with van der Waals surface area (Å²) in [4.78, 5) is 15.2. The molecule has 1 aromatic rings. The molecule has 0 unspecified atom stereocenters. The number of halogens is 1. The zero-order valence-corrected chi connectivity index (χ0v) is 9.61. The molecule has 1 aromatic heterocycles. The number of hydrogen-bond acceptors (Lipinski definition) is 4. The molecule has 0 bridgehead atoms. The molecule has 0 radical (unpaired) electrons. The van der Waals surface area contributed by atoms with Crippen molar-refractivity contribution in [1.29, 1.82) is 0 Å². The lowest BCUT2D eigenvalue weighted by atomic mass is 10.5. The molecule has 0 aliphatic rings. The van der Waals surface area contributed by atoms with Crippen LogP contribution in [0.5, 0.6) is 0 Å². The van der Waals surface area contributed by atoms with Crippen molar-refractivity contribution in [2.45, 2.75) is 0 Å². The van der Waals surface area contributed by atoms with Crippen LogP contribution >= 0.6 is 27.3 Å². The van der Waals surface area contributed by atoms with E-state index >= 15 is 0 Å². The lowest BCUT2D eigenvalue weighted by molar-refractivity contribution is -0.115. The van der Waals surface area contributed by atoms with Gasteiger partial charge in [0, 0.05) is 0 Å². The molecule has 0 aliphatic heterocycles. The number of amides is 1. The number of aromatic nitrogens is 1. The van der Waals surface area contributed by atoms with Crippen LogP contribution in [0, 0.1) is 12.3 Å². The third kappa shape index (κ3) is 3.87. The van der Waals surface area contributed by atoms with Crippen molar-refractivity contribution >= 4 is 38.3 Å². The number of terminal acetylenes is 1. The van der Waals surface area contributed by atoms with Gasteiger partial charge in [-0.1, -0.05) is 17.3 Å². The summed E-state index contributed by atoms with van der Waals surface area (Å²) < 4.78 is 0.879. The van der Waals surface area contributed by atoms with Crippen molar-refractivity contribution in [2.75, 3.05) is 18.4 Å². The second-order valence-corrected chi connectivity index (χ2v) is 4.74. The largest absolute Gasteiger partial charge is 0.301 e. The summed E-state index contributed by atoms with van der Waals surface area (Å²) in [5, 5.41) is 5.98. The van der Waals surface area contributed by atoms with Crippen LogP contribution in [-0.4, -0.2) is 24.0 Å². The quantitative estimate of drug-likeness (QED) is 0.638. The number of nitrogens with zero attached hydrogens (tertiary/aromatic N) is 1. The molecule has 14 heavy (non-hydrogen) atoms. The summed E-state index contributed by atoms with van der Waals surface area (Å²) in [5.41, 5.74) is 0. The number of carbonyl (C=O) groups excluding carboxylic acids is 1. The Labute approximate surface area is 94.2 Å². The first kappa shape index (κ1) is 11.2. The molecule has 1 amide bonds. The maximum absolute atomic E-state index is 11.2. The van der Waals surface area contributed by atoms with Gasteiger partial charge in [-0.2, -0.15) is 0 Å². The van der Waals surface area contributed by atoms with E-state index in [4.69, 9.17) is 6.42 Å². The molecule has 0 atom stereocenters. The van der Waals surface area contributed by atoms with E-state index in [1.54, 1.807) is 6.20 Å². The number of anilines is 1. The van der Waals surface area contributed by atoms with Gasteiger partial charge < -0.3 is 5.32 Å². The van der Waals surface area contributed by atoms with E-state index in [0.29, 0.717) is 11.7 Å². The van der Waals surface area contributed by atoms with Gasteiger partial charge in [-0.05, 0) is 15.9 Å². The minimum atomic E-state index is -0.151. The first-order chi connectivity index (χ1) is 6.72. The van der Waals surface area contributed by atoms with Gasteiger partial charge in [-0.15, -0.1) is 6.42 Å². The SMILES string of the molecule is C#CCNCC(=O)Nc1ncc(Br)s1. The maximum atomic E-state index is 11.2. The van der Waals surface area contributed by atoms with Crippen molar-refractivity contribution in [3.05, 3.63) is 9.98 Å². The minimum absolute atomic E-state index is 0.151. The number of carbonyl (C=O) groups is 1. The molecule has 2 N–H and O–H groups in total. The monoisotopic (exact) mass is 273 g/mol. The molecule has 0 spiro atoms. The van der Waals surface area contributed by atoms with Crippen LogP contribution in [0.15, 0.2) is 9.98 Å². The van der Waals surface area contributed by atoms with Gasteiger partial charge >= 0.3 is 0 Å². The van der Waals surface area contributed by atoms with Crippen molar-refractivity contribution in [3.8, 4) is 12.3 Å². The molecule has 0 aliphatic carbocycles. The molecule has 1 rings (SSSR count). The Morgan fingerprint density at radius 2 is 2.57 bits per heavy atom. The van der Waals surface area contributed by atoms with Gasteiger partial charge in [0.05, 0.1) is 23.1 Å². The highest BCUT2D eigenvalue weighted by Gasteiger charge is 2.04. The van der Waals surface area contributed by atoms with Crippen LogP contribution in [0.2, 0.25) is 0 Å². The topological polar surface area (TPSA) is 54.0 Å². The summed E-state index contributed by atoms with van der Waals surface area (Å²) in [6, 6.07) is 0. The van der Waals surface area contributed by atoms with Crippen molar-refractivity contribution in [3.63, 3.8) is 0 Å². The first-order valence-corrected chi connectivity index (χ1v) is 5.38. The third-order valence-corrected chi connectivity index (χ3v) is 2.63. The van der Waals surface area contributed by atoms with E-state index in [9.17, 15) is 4.79 Å². The highest BCUT2D eigenvalue weighted by atomic mass is 79.9. The molecule has 4 nitrogen and oxygen atoms in total. The molecule has 0 saturated carbocycles. The Kier molecular flexibility index (Phi) is 4.59. The lowest BCUT2D eigenvalue weighted by Crippen LogP contribution is -2.28. The Balaban J connectivity index is 2.31. The fourth-order valence-corrected chi connectivity index (χ4v) is 1.85. The molecule has 0 saturated heterocycles. The van der Waals surface area contributed by atoms with Crippen LogP contribution in [0.25, 0.3) is 0 Å². The Hall–Kier alpha value is -0.900. The van der Waals surface area contributed by atoms with Crippen molar-refractivity contribution < 1.29 is 4.79 Å². The Morgan fingerprint density at radius 3 is 3.14 bits per heavy atom. The van der Waals surface area contributed by atoms with Gasteiger partial charge in [-0.3, -0.25) is 10.1 Å². The molecule has 0 aromatic carbocycles. The minimum Gasteiger partial charge on any atom is -0.301 e. The highest BCUT2D eigenvalue weighted by Crippen LogP contribution is 2.22. The zero-order chi connectivity index (χ0) is 10.4. The van der Waals surface area contributed by atoms with Gasteiger partial charge in [0.25, 0.3) is 0 Å². The van der Waals surface area contributed by atoms with Gasteiger partial charge in [0.15, 0.2) is 5.13 Å². The number of hydrogen-bond donors (Lipinski definition) is 2. The van der Waals surface area contributed by atoms with Crippen molar-refractivity contribution in [1.82, 2.24) is 10.3 Å². The zero-order valence-electron chi connectivity index (χ0n) is 7.21. The second-order valence-electron chi connectivity index (χ2n) is 2.33. The van der Waals surface area contributed by atoms with Crippen molar-refractivity contribution in [2.24, 2.45) is 0 Å². The van der Waals surface area contributed by atoms with Gasteiger partial charge in [0.2, 0.25) is 5.91 Å². The van der Waals surface area contributed by atoms with E-state index in [1.165, 1.54) is 11.3 Å². The van der Waals surface area contributed by atoms with E-state index in [0.717, 1.165) is 3.79 Å². The Bertz CT molecular complexity index is 358. The normalized spacial score (nSPS) is 9.43. The average molecular weight is 274 g/mol. The number of rotatable bonds is 4. The predicted octanol–water partition coefficient (Wildman–Crippen LogP) is 1.07. The summed E-state index contributed by atoms with van der Waals surface area (Å²) in [6.07, 6.45) is 6.64. The summed E-state index contributed by atoms with van der Waals surface area (Å²) >= 11 is 4.61. The highest BCUT2D eigenvalue weighted by molar-refractivity contribution is 9.11. The van der Waals surface area contributed by atoms with E-state index in [1.807, 2.05) is 0 Å². The van der Waals surface area contributed by atoms with E-state index in [2.05, 4.69) is 37.5 Å². The fraction of sp³-hybridized carbons (Fsp3) is 0.250. The van der Waals surface area contributed by atoms with E-state index < -0.39 is 0 Å². The van der Waals surface area contributed by atoms with Gasteiger partial charge in [-0.25, -0.2) is 4.98 Å². The summed E-state index contributed by atoms with van der Waals surface area (Å²) in [6.45, 7) is 0.580. The molecule has 74 valence electrons. The molecular formula is C8H8BrN3OS. The smallest absolute Gasteiger partial charge is 0.240 e. The fourth-order valence-electron chi connectivity index (χ4n) is 0.724. The van der Waals surface area contributed by atoms with E-state index in [-0.39, 0.29) is 12.5 Å². The molecular weight excluding hydrogens is 266 g/mol.